The lowest BCUT2D eigenvalue weighted by Gasteiger charge is -2.33. The third-order valence-corrected chi connectivity index (χ3v) is 5.58. The van der Waals surface area contributed by atoms with E-state index in [9.17, 15) is 9.59 Å². The molecular weight excluding hydrogens is 360 g/mol. The Morgan fingerprint density at radius 1 is 1.30 bits per heavy atom. The largest absolute Gasteiger partial charge is 0.349 e. The predicted molar refractivity (Wildman–Crippen MR) is 103 cm³/mol. The molecule has 1 aromatic carbocycles. The second kappa shape index (κ2) is 7.36. The fourth-order valence-corrected chi connectivity index (χ4v) is 3.97. The van der Waals surface area contributed by atoms with E-state index in [0.717, 1.165) is 16.1 Å². The van der Waals surface area contributed by atoms with E-state index in [1.165, 1.54) is 0 Å². The van der Waals surface area contributed by atoms with Gasteiger partial charge in [0, 0.05) is 16.6 Å². The summed E-state index contributed by atoms with van der Waals surface area (Å²) in [6, 6.07) is 11.0. The van der Waals surface area contributed by atoms with Crippen LogP contribution in [0.25, 0.3) is 0 Å². The van der Waals surface area contributed by atoms with E-state index in [4.69, 9.17) is 0 Å². The van der Waals surface area contributed by atoms with Crippen molar-refractivity contribution >= 4 is 23.2 Å². The molecule has 1 atom stereocenters. The molecule has 138 valence electrons. The van der Waals surface area contributed by atoms with E-state index in [1.54, 1.807) is 28.8 Å². The molecule has 6 nitrogen and oxygen atoms in total. The first-order valence-electron chi connectivity index (χ1n) is 8.78. The zero-order chi connectivity index (χ0) is 18.8. The summed E-state index contributed by atoms with van der Waals surface area (Å²) >= 11 is 1.60. The van der Waals surface area contributed by atoms with Crippen LogP contribution in [0, 0.1) is 6.92 Å². The van der Waals surface area contributed by atoms with Crippen LogP contribution in [0.4, 0.5) is 0 Å². The number of thiophene rings is 1. The van der Waals surface area contributed by atoms with Gasteiger partial charge in [-0.15, -0.1) is 11.3 Å². The van der Waals surface area contributed by atoms with E-state index >= 15 is 0 Å². The fourth-order valence-electron chi connectivity index (χ4n) is 3.32. The number of carbonyl (C=O) groups is 2. The molecule has 0 fully saturated rings. The van der Waals surface area contributed by atoms with Gasteiger partial charge in [0.2, 0.25) is 5.91 Å². The van der Waals surface area contributed by atoms with Gasteiger partial charge in [0.05, 0.1) is 31.7 Å². The Labute approximate surface area is 161 Å². The smallest absolute Gasteiger partial charge is 0.254 e. The van der Waals surface area contributed by atoms with Crippen molar-refractivity contribution in [2.24, 2.45) is 0 Å². The number of hydrogen-bond acceptors (Lipinski definition) is 4. The van der Waals surface area contributed by atoms with Crippen LogP contribution in [0.1, 0.15) is 32.5 Å². The van der Waals surface area contributed by atoms with E-state index in [-0.39, 0.29) is 11.8 Å². The van der Waals surface area contributed by atoms with Crippen LogP contribution in [-0.2, 0) is 17.9 Å². The van der Waals surface area contributed by atoms with Gasteiger partial charge in [0.15, 0.2) is 0 Å². The summed E-state index contributed by atoms with van der Waals surface area (Å²) in [5.41, 5.74) is 2.53. The van der Waals surface area contributed by atoms with E-state index < -0.39 is 6.04 Å². The molecule has 1 N–H and O–H groups in total. The molecule has 1 aliphatic rings. The highest BCUT2D eigenvalue weighted by molar-refractivity contribution is 7.09. The molecule has 0 saturated heterocycles. The summed E-state index contributed by atoms with van der Waals surface area (Å²) in [6.45, 7) is 3.22. The van der Waals surface area contributed by atoms with Gasteiger partial charge in [-0.25, -0.2) is 4.98 Å². The first-order chi connectivity index (χ1) is 13.1. The number of aryl methyl sites for hydroxylation is 1. The number of fused-ring (bicyclic) bond motifs is 1. The number of benzene rings is 1. The normalized spacial score (nSPS) is 16.0. The maximum Gasteiger partial charge on any atom is 0.254 e. The minimum Gasteiger partial charge on any atom is -0.349 e. The monoisotopic (exact) mass is 380 g/mol. The molecule has 0 spiro atoms. The summed E-state index contributed by atoms with van der Waals surface area (Å²) in [5.74, 6) is -0.174. The summed E-state index contributed by atoms with van der Waals surface area (Å²) in [6.07, 6.45) is 3.38. The second-order valence-electron chi connectivity index (χ2n) is 6.66. The number of rotatable bonds is 4. The average Bonchev–Trinajstić information content (AvgIpc) is 3.36. The molecule has 0 unspecified atom stereocenters. The Bertz CT molecular complexity index is 964. The highest BCUT2D eigenvalue weighted by Gasteiger charge is 2.32. The topological polar surface area (TPSA) is 67.2 Å². The standard InChI is InChI=1S/C20H20N4O2S/c1-14-4-2-5-15(8-14)20(26)23-11-16-9-21-13-24(16)18(12-23)19(25)22-10-17-6-3-7-27-17/h2-9,13,18H,10-12H2,1H3,(H,22,25)/t18-/m1/s1. The van der Waals surface area contributed by atoms with Crippen molar-refractivity contribution in [2.75, 3.05) is 6.54 Å². The summed E-state index contributed by atoms with van der Waals surface area (Å²) in [4.78, 5) is 32.8. The summed E-state index contributed by atoms with van der Waals surface area (Å²) in [7, 11) is 0. The number of nitrogens with one attached hydrogen (secondary N) is 1. The highest BCUT2D eigenvalue weighted by Crippen LogP contribution is 2.23. The molecule has 0 saturated carbocycles. The highest BCUT2D eigenvalue weighted by atomic mass is 32.1. The molecule has 2 amide bonds. The molecule has 3 heterocycles. The van der Waals surface area contributed by atoms with Gasteiger partial charge in [0.25, 0.3) is 5.91 Å². The lowest BCUT2D eigenvalue weighted by molar-refractivity contribution is -0.125. The van der Waals surface area contributed by atoms with Gasteiger partial charge in [-0.3, -0.25) is 9.59 Å². The van der Waals surface area contributed by atoms with Crippen molar-refractivity contribution in [2.45, 2.75) is 26.1 Å². The average molecular weight is 380 g/mol. The molecule has 1 aliphatic heterocycles. The Morgan fingerprint density at radius 3 is 2.96 bits per heavy atom. The van der Waals surface area contributed by atoms with Gasteiger partial charge in [-0.1, -0.05) is 23.8 Å². The molecule has 27 heavy (non-hydrogen) atoms. The van der Waals surface area contributed by atoms with Gasteiger partial charge in [0.1, 0.15) is 6.04 Å². The number of amides is 2. The zero-order valence-electron chi connectivity index (χ0n) is 15.0. The molecule has 0 radical (unpaired) electrons. The fraction of sp³-hybridized carbons (Fsp3) is 0.250. The van der Waals surface area contributed by atoms with Crippen molar-refractivity contribution in [3.63, 3.8) is 0 Å². The Morgan fingerprint density at radius 2 is 2.19 bits per heavy atom. The van der Waals surface area contributed by atoms with Crippen molar-refractivity contribution in [3.05, 3.63) is 76.0 Å². The third-order valence-electron chi connectivity index (χ3n) is 4.70. The third kappa shape index (κ3) is 3.64. The molecule has 0 bridgehead atoms. The molecule has 3 aromatic rings. The van der Waals surface area contributed by atoms with Crippen molar-refractivity contribution < 1.29 is 9.59 Å². The quantitative estimate of drug-likeness (QED) is 0.757. The van der Waals surface area contributed by atoms with Crippen LogP contribution in [-0.4, -0.2) is 32.8 Å². The van der Waals surface area contributed by atoms with Crippen molar-refractivity contribution in [3.8, 4) is 0 Å². The van der Waals surface area contributed by atoms with Crippen LogP contribution in [0.5, 0.6) is 0 Å². The van der Waals surface area contributed by atoms with Gasteiger partial charge >= 0.3 is 0 Å². The lowest BCUT2D eigenvalue weighted by atomic mass is 10.1. The summed E-state index contributed by atoms with van der Waals surface area (Å²) < 4.78 is 1.86. The minimum absolute atomic E-state index is 0.0674. The second-order valence-corrected chi connectivity index (χ2v) is 7.69. The predicted octanol–water partition coefficient (Wildman–Crippen LogP) is 2.77. The number of imidazole rings is 1. The molecule has 0 aliphatic carbocycles. The summed E-state index contributed by atoms with van der Waals surface area (Å²) in [5, 5.41) is 4.96. The van der Waals surface area contributed by atoms with E-state index in [0.29, 0.717) is 25.2 Å². The zero-order valence-corrected chi connectivity index (χ0v) is 15.8. The number of aromatic nitrogens is 2. The van der Waals surface area contributed by atoms with E-state index in [2.05, 4.69) is 10.3 Å². The molecule has 2 aromatic heterocycles. The maximum absolute atomic E-state index is 13.0. The molecule has 7 heteroatoms. The number of nitrogens with zero attached hydrogens (tertiary/aromatic N) is 3. The number of carbonyl (C=O) groups excluding carboxylic acids is 2. The van der Waals surface area contributed by atoms with Gasteiger partial charge in [-0.2, -0.15) is 0 Å². The SMILES string of the molecule is Cc1cccc(C(=O)N2Cc3cncn3[C@@H](C(=O)NCc3cccs3)C2)c1. The first kappa shape index (κ1) is 17.5. The minimum atomic E-state index is -0.482. The number of hydrogen-bond donors (Lipinski definition) is 1. The van der Waals surface area contributed by atoms with E-state index in [1.807, 2.05) is 53.3 Å². The lowest BCUT2D eigenvalue weighted by Crippen LogP contribution is -2.46. The molecular formula is C20H20N4O2S. The van der Waals surface area contributed by atoms with Crippen molar-refractivity contribution in [1.82, 2.24) is 19.8 Å². The van der Waals surface area contributed by atoms with Crippen LogP contribution in [0.3, 0.4) is 0 Å². The first-order valence-corrected chi connectivity index (χ1v) is 9.66. The van der Waals surface area contributed by atoms with Crippen LogP contribution in [0.15, 0.2) is 54.3 Å². The maximum atomic E-state index is 13.0. The Balaban J connectivity index is 1.53. The van der Waals surface area contributed by atoms with Crippen LogP contribution < -0.4 is 5.32 Å². The molecule has 4 rings (SSSR count). The Hall–Kier alpha value is -2.93. The Kier molecular flexibility index (Phi) is 4.77. The van der Waals surface area contributed by atoms with Gasteiger partial charge in [-0.05, 0) is 30.5 Å². The van der Waals surface area contributed by atoms with Crippen LogP contribution in [0.2, 0.25) is 0 Å². The van der Waals surface area contributed by atoms with Gasteiger partial charge < -0.3 is 14.8 Å². The van der Waals surface area contributed by atoms with Crippen LogP contribution >= 0.6 is 11.3 Å². The van der Waals surface area contributed by atoms with Crippen molar-refractivity contribution in [1.29, 1.82) is 0 Å².